The summed E-state index contributed by atoms with van der Waals surface area (Å²) in [5, 5.41) is 0. The van der Waals surface area contributed by atoms with Crippen LogP contribution in [0.1, 0.15) is 28.1 Å². The minimum Gasteiger partial charge on any atom is -0.459 e. The zero-order valence-electron chi connectivity index (χ0n) is 11.1. The summed E-state index contributed by atoms with van der Waals surface area (Å²) in [4.78, 5) is 12.0. The first-order valence-electron chi connectivity index (χ1n) is 6.45. The smallest absolute Gasteiger partial charge is 0.300 e. The van der Waals surface area contributed by atoms with Gasteiger partial charge in [0.05, 0.1) is 11.2 Å². The second-order valence-corrected chi connectivity index (χ2v) is 6.46. The highest BCUT2D eigenvalue weighted by atomic mass is 32.2. The summed E-state index contributed by atoms with van der Waals surface area (Å²) in [5.41, 5.74) is 1.98. The van der Waals surface area contributed by atoms with Gasteiger partial charge >= 0.3 is 5.91 Å². The first-order chi connectivity index (χ1) is 10.1. The van der Waals surface area contributed by atoms with E-state index >= 15 is 0 Å². The van der Waals surface area contributed by atoms with Crippen molar-refractivity contribution in [3.63, 3.8) is 0 Å². The Morgan fingerprint density at radius 2 is 1.90 bits per heavy atom. The summed E-state index contributed by atoms with van der Waals surface area (Å²) in [6, 6.07) is 10.5. The molecule has 0 spiro atoms. The van der Waals surface area contributed by atoms with Crippen molar-refractivity contribution in [1.29, 1.82) is 0 Å². The van der Waals surface area contributed by atoms with E-state index in [1.54, 1.807) is 6.08 Å². The first kappa shape index (κ1) is 13.6. The molecule has 0 aliphatic heterocycles. The van der Waals surface area contributed by atoms with Crippen molar-refractivity contribution in [3.05, 3.63) is 64.5 Å². The van der Waals surface area contributed by atoms with E-state index in [2.05, 4.69) is 0 Å². The van der Waals surface area contributed by atoms with Crippen molar-refractivity contribution in [1.82, 2.24) is 4.72 Å². The Kier molecular flexibility index (Phi) is 3.39. The number of fused-ring (bicyclic) bond motifs is 1. The van der Waals surface area contributed by atoms with Gasteiger partial charge in [0.25, 0.3) is 10.0 Å². The van der Waals surface area contributed by atoms with E-state index in [0.29, 0.717) is 12.8 Å². The summed E-state index contributed by atoms with van der Waals surface area (Å²) < 4.78 is 31.4. The van der Waals surface area contributed by atoms with Crippen molar-refractivity contribution in [2.75, 3.05) is 0 Å². The van der Waals surface area contributed by atoms with Gasteiger partial charge in [0, 0.05) is 0 Å². The van der Waals surface area contributed by atoms with Gasteiger partial charge in [-0.2, -0.15) is 0 Å². The molecular weight excluding hydrogens is 290 g/mol. The molecule has 108 valence electrons. The molecule has 0 radical (unpaired) electrons. The fourth-order valence-corrected chi connectivity index (χ4v) is 3.39. The summed E-state index contributed by atoms with van der Waals surface area (Å²) in [6.45, 7) is 0. The van der Waals surface area contributed by atoms with E-state index in [1.807, 2.05) is 29.0 Å². The number of carbonyl (C=O) groups is 1. The Morgan fingerprint density at radius 3 is 2.67 bits per heavy atom. The molecule has 0 saturated heterocycles. The number of amides is 1. The van der Waals surface area contributed by atoms with Crippen LogP contribution in [0.15, 0.2) is 52.0 Å². The van der Waals surface area contributed by atoms with Crippen LogP contribution in [0.25, 0.3) is 6.08 Å². The lowest BCUT2D eigenvalue weighted by atomic mass is 9.98. The molecule has 0 fully saturated rings. The molecule has 0 saturated carbocycles. The van der Waals surface area contributed by atoms with Gasteiger partial charge in [-0.05, 0) is 42.2 Å². The summed E-state index contributed by atoms with van der Waals surface area (Å²) in [5.74, 6) is -0.796. The standard InChI is InChI=1S/C15H13NO4S/c17-15(14-6-3-9-20-14)16-21(18,19)13-8-7-11-4-1-2-5-12(11)10-13/h1-6,9-10H,7-8H2,(H,16,17). The zero-order chi connectivity index (χ0) is 14.9. The summed E-state index contributed by atoms with van der Waals surface area (Å²) >= 11 is 0. The summed E-state index contributed by atoms with van der Waals surface area (Å²) in [7, 11) is -3.85. The lowest BCUT2D eigenvalue weighted by Gasteiger charge is -2.16. The zero-order valence-corrected chi connectivity index (χ0v) is 11.9. The number of sulfonamides is 1. The molecule has 1 heterocycles. The van der Waals surface area contributed by atoms with Gasteiger partial charge in [-0.25, -0.2) is 13.1 Å². The average molecular weight is 303 g/mol. The van der Waals surface area contributed by atoms with E-state index in [4.69, 9.17) is 4.42 Å². The number of aryl methyl sites for hydroxylation is 1. The largest absolute Gasteiger partial charge is 0.459 e. The van der Waals surface area contributed by atoms with E-state index in [9.17, 15) is 13.2 Å². The van der Waals surface area contributed by atoms with Crippen LogP contribution in [0.4, 0.5) is 0 Å². The van der Waals surface area contributed by atoms with Crippen molar-refractivity contribution < 1.29 is 17.6 Å². The van der Waals surface area contributed by atoms with Crippen molar-refractivity contribution in [2.45, 2.75) is 12.8 Å². The quantitative estimate of drug-likeness (QED) is 0.944. The molecule has 5 nitrogen and oxygen atoms in total. The number of benzene rings is 1. The number of hydrogen-bond donors (Lipinski definition) is 1. The summed E-state index contributed by atoms with van der Waals surface area (Å²) in [6.07, 6.45) is 3.93. The minimum atomic E-state index is -3.85. The van der Waals surface area contributed by atoms with Gasteiger partial charge in [0.15, 0.2) is 5.76 Å². The SMILES string of the molecule is O=C(NS(=O)(=O)C1=Cc2ccccc2CC1)c1ccco1. The second-order valence-electron chi connectivity index (χ2n) is 4.72. The fraction of sp³-hybridized carbons (Fsp3) is 0.133. The lowest BCUT2D eigenvalue weighted by Crippen LogP contribution is -2.31. The van der Waals surface area contributed by atoms with Crippen LogP contribution < -0.4 is 4.72 Å². The van der Waals surface area contributed by atoms with Gasteiger partial charge in [-0.15, -0.1) is 0 Å². The Labute approximate surface area is 122 Å². The average Bonchev–Trinajstić information content (AvgIpc) is 3.00. The van der Waals surface area contributed by atoms with Gasteiger partial charge in [-0.1, -0.05) is 24.3 Å². The highest BCUT2D eigenvalue weighted by Crippen LogP contribution is 2.26. The van der Waals surface area contributed by atoms with E-state index < -0.39 is 15.9 Å². The van der Waals surface area contributed by atoms with Gasteiger partial charge in [-0.3, -0.25) is 4.79 Å². The highest BCUT2D eigenvalue weighted by Gasteiger charge is 2.25. The molecule has 0 unspecified atom stereocenters. The number of nitrogens with one attached hydrogen (secondary N) is 1. The lowest BCUT2D eigenvalue weighted by molar-refractivity contribution is 0.0954. The molecule has 1 aliphatic rings. The Morgan fingerprint density at radius 1 is 1.10 bits per heavy atom. The predicted octanol–water partition coefficient (Wildman–Crippen LogP) is 2.33. The predicted molar refractivity (Wildman–Crippen MR) is 77.8 cm³/mol. The van der Waals surface area contributed by atoms with Gasteiger partial charge < -0.3 is 4.42 Å². The maximum atomic E-state index is 12.3. The molecule has 1 N–H and O–H groups in total. The molecule has 1 aromatic heterocycles. The maximum Gasteiger partial charge on any atom is 0.300 e. The van der Waals surface area contributed by atoms with E-state index in [0.717, 1.165) is 11.1 Å². The third-order valence-electron chi connectivity index (χ3n) is 3.33. The van der Waals surface area contributed by atoms with Crippen LogP contribution in [-0.2, 0) is 16.4 Å². The number of hydrogen-bond acceptors (Lipinski definition) is 4. The van der Waals surface area contributed by atoms with Crippen LogP contribution in [0.5, 0.6) is 0 Å². The molecule has 3 rings (SSSR count). The van der Waals surface area contributed by atoms with Crippen LogP contribution in [0.3, 0.4) is 0 Å². The number of furan rings is 1. The Hall–Kier alpha value is -2.34. The molecule has 2 aromatic rings. The first-order valence-corrected chi connectivity index (χ1v) is 7.94. The fourth-order valence-electron chi connectivity index (χ4n) is 2.26. The molecule has 6 heteroatoms. The number of carbonyl (C=O) groups excluding carboxylic acids is 1. The molecule has 1 aromatic carbocycles. The van der Waals surface area contributed by atoms with Gasteiger partial charge in [0.1, 0.15) is 0 Å². The number of allylic oxidation sites excluding steroid dienone is 1. The van der Waals surface area contributed by atoms with Gasteiger partial charge in [0.2, 0.25) is 0 Å². The molecule has 0 bridgehead atoms. The normalized spacial score (nSPS) is 14.2. The van der Waals surface area contributed by atoms with E-state index in [1.165, 1.54) is 18.4 Å². The Balaban J connectivity index is 1.86. The van der Waals surface area contributed by atoms with Crippen LogP contribution in [-0.4, -0.2) is 14.3 Å². The van der Waals surface area contributed by atoms with Crippen LogP contribution >= 0.6 is 0 Å². The maximum absolute atomic E-state index is 12.3. The third kappa shape index (κ3) is 2.75. The van der Waals surface area contributed by atoms with Crippen molar-refractivity contribution >= 4 is 22.0 Å². The molecule has 1 aliphatic carbocycles. The van der Waals surface area contributed by atoms with Crippen molar-refractivity contribution in [2.24, 2.45) is 0 Å². The van der Waals surface area contributed by atoms with E-state index in [-0.39, 0.29) is 10.7 Å². The minimum absolute atomic E-state index is 0.0321. The third-order valence-corrected chi connectivity index (χ3v) is 4.80. The van der Waals surface area contributed by atoms with Crippen LogP contribution in [0, 0.1) is 0 Å². The number of rotatable bonds is 3. The molecule has 1 amide bonds. The monoisotopic (exact) mass is 303 g/mol. The van der Waals surface area contributed by atoms with Crippen LogP contribution in [0.2, 0.25) is 0 Å². The molecule has 21 heavy (non-hydrogen) atoms. The Bertz CT molecular complexity index is 804. The second kappa shape index (κ2) is 5.21. The molecule has 0 atom stereocenters. The highest BCUT2D eigenvalue weighted by molar-refractivity contribution is 7.94. The topological polar surface area (TPSA) is 76.4 Å². The molecular formula is C15H13NO4S. The van der Waals surface area contributed by atoms with Crippen molar-refractivity contribution in [3.8, 4) is 0 Å².